The number of hydrogen-bond acceptors (Lipinski definition) is 5. The van der Waals surface area contributed by atoms with Crippen molar-refractivity contribution in [2.24, 2.45) is 28.6 Å². The summed E-state index contributed by atoms with van der Waals surface area (Å²) < 4.78 is 16.9. The molecule has 0 radical (unpaired) electrons. The summed E-state index contributed by atoms with van der Waals surface area (Å²) in [5, 5.41) is 32.0. The Hall–Kier alpha value is -0.110. The quantitative estimate of drug-likeness (QED) is 0.563. The molecule has 0 aromatic rings. The molecule has 5 nitrogen and oxygen atoms in total. The average Bonchev–Trinajstić information content (AvgIpc) is 2.84. The van der Waals surface area contributed by atoms with Crippen LogP contribution in [0.2, 0.25) is 0 Å². The van der Waals surface area contributed by atoms with Crippen LogP contribution >= 0.6 is 0 Å². The molecule has 0 amide bonds. The van der Waals surface area contributed by atoms with Gasteiger partial charge in [-0.3, -0.25) is 9.59 Å². The Balaban J connectivity index is 0.00000240. The molecule has 0 heterocycles. The minimum atomic E-state index is -1.98. The van der Waals surface area contributed by atoms with Crippen LogP contribution in [0.3, 0.4) is 0 Å². The molecule has 0 aliphatic heterocycles. The fourth-order valence-electron chi connectivity index (χ4n) is 7.26. The number of aliphatic hydroxyl groups is 3. The maximum absolute atomic E-state index is 16.9. The third-order valence-corrected chi connectivity index (χ3v) is 8.79. The Morgan fingerprint density at radius 2 is 1.97 bits per heavy atom. The number of carbonyl (C=O) groups is 2. The first kappa shape index (κ1) is 23.6. The van der Waals surface area contributed by atoms with Crippen LogP contribution in [0.1, 0.15) is 46.5 Å². The SMILES string of the molecule is C[C@@H]1C[C@H]2[C@@H]3CCC4=CC(=O)C=C[C@]4(C)[C@@]3(F)[C@@H](O)C[C@]2(C)[C@@]1(O)C(=O)CO.[CaH2]. The molecule has 0 saturated heterocycles. The van der Waals surface area contributed by atoms with Crippen LogP contribution in [0, 0.1) is 28.6 Å². The summed E-state index contributed by atoms with van der Waals surface area (Å²) >= 11 is 0. The Labute approximate surface area is 200 Å². The summed E-state index contributed by atoms with van der Waals surface area (Å²) in [6.07, 6.45) is 4.44. The van der Waals surface area contributed by atoms with Gasteiger partial charge in [0.2, 0.25) is 0 Å². The monoisotopic (exact) mass is 434 g/mol. The van der Waals surface area contributed by atoms with Crippen molar-refractivity contribution in [3.63, 3.8) is 0 Å². The fourth-order valence-corrected chi connectivity index (χ4v) is 7.26. The third-order valence-electron chi connectivity index (χ3n) is 8.79. The van der Waals surface area contributed by atoms with Gasteiger partial charge in [0.05, 0.1) is 6.10 Å². The van der Waals surface area contributed by atoms with Crippen LogP contribution in [0.25, 0.3) is 0 Å². The van der Waals surface area contributed by atoms with Crippen molar-refractivity contribution in [1.29, 1.82) is 0 Å². The van der Waals surface area contributed by atoms with Crippen molar-refractivity contribution in [2.45, 2.75) is 63.8 Å². The molecule has 3 N–H and O–H groups in total. The number of Topliss-reactive ketones (excluding diaryl/α,β-unsaturated/α-hetero) is 1. The second kappa shape index (κ2) is 7.21. The summed E-state index contributed by atoms with van der Waals surface area (Å²) in [6.45, 7) is 4.48. The zero-order chi connectivity index (χ0) is 20.7. The van der Waals surface area contributed by atoms with Gasteiger partial charge in [-0.05, 0) is 56.6 Å². The number of ketones is 2. The Kier molecular flexibility index (Phi) is 5.85. The summed E-state index contributed by atoms with van der Waals surface area (Å²) in [5.74, 6) is -2.12. The molecule has 158 valence electrons. The van der Waals surface area contributed by atoms with Crippen LogP contribution in [-0.2, 0) is 9.59 Å². The first-order valence-corrected chi connectivity index (χ1v) is 10.1. The number of carbonyl (C=O) groups excluding carboxylic acids is 2. The molecule has 0 spiro atoms. The third kappa shape index (κ3) is 2.66. The average molecular weight is 435 g/mol. The van der Waals surface area contributed by atoms with Crippen LogP contribution in [0.15, 0.2) is 23.8 Å². The van der Waals surface area contributed by atoms with Crippen molar-refractivity contribution >= 4 is 49.3 Å². The number of allylic oxidation sites excluding steroid dienone is 4. The van der Waals surface area contributed by atoms with Crippen LogP contribution < -0.4 is 0 Å². The molecule has 3 saturated carbocycles. The molecule has 29 heavy (non-hydrogen) atoms. The fraction of sp³-hybridized carbons (Fsp3) is 0.727. The van der Waals surface area contributed by atoms with E-state index < -0.39 is 52.4 Å². The molecule has 0 bridgehead atoms. The van der Waals surface area contributed by atoms with E-state index in [4.69, 9.17) is 0 Å². The number of aliphatic hydroxyl groups excluding tert-OH is 2. The van der Waals surface area contributed by atoms with Crippen LogP contribution in [0.5, 0.6) is 0 Å². The molecule has 8 atom stereocenters. The topological polar surface area (TPSA) is 94.8 Å². The van der Waals surface area contributed by atoms with E-state index in [0.717, 1.165) is 0 Å². The van der Waals surface area contributed by atoms with E-state index in [1.807, 2.05) is 0 Å². The first-order chi connectivity index (χ1) is 13.0. The molecule has 4 aliphatic carbocycles. The second-order valence-corrected chi connectivity index (χ2v) is 9.75. The van der Waals surface area contributed by atoms with Crippen molar-refractivity contribution in [3.05, 3.63) is 23.8 Å². The van der Waals surface area contributed by atoms with Gasteiger partial charge in [0.1, 0.15) is 12.2 Å². The maximum atomic E-state index is 16.9. The van der Waals surface area contributed by atoms with Crippen molar-refractivity contribution in [2.75, 3.05) is 6.61 Å². The van der Waals surface area contributed by atoms with Crippen molar-refractivity contribution in [1.82, 2.24) is 0 Å². The van der Waals surface area contributed by atoms with Gasteiger partial charge in [0.15, 0.2) is 17.2 Å². The predicted octanol–water partition coefficient (Wildman–Crippen LogP) is 0.979. The van der Waals surface area contributed by atoms with Gasteiger partial charge in [-0.15, -0.1) is 0 Å². The number of hydrogen-bond donors (Lipinski definition) is 3. The van der Waals surface area contributed by atoms with Crippen molar-refractivity contribution < 1.29 is 29.3 Å². The Morgan fingerprint density at radius 3 is 2.59 bits per heavy atom. The number of rotatable bonds is 2. The molecule has 4 aliphatic rings. The molecular formula is C22H31CaFO5. The van der Waals surface area contributed by atoms with E-state index >= 15 is 4.39 Å². The first-order valence-electron chi connectivity index (χ1n) is 10.1. The molecule has 0 aromatic carbocycles. The van der Waals surface area contributed by atoms with E-state index in [-0.39, 0.29) is 55.9 Å². The van der Waals surface area contributed by atoms with E-state index in [9.17, 15) is 24.9 Å². The summed E-state index contributed by atoms with van der Waals surface area (Å²) in [7, 11) is 0. The summed E-state index contributed by atoms with van der Waals surface area (Å²) in [6, 6.07) is 0. The Morgan fingerprint density at radius 1 is 1.31 bits per heavy atom. The molecule has 7 heteroatoms. The second-order valence-electron chi connectivity index (χ2n) is 9.75. The van der Waals surface area contributed by atoms with Gasteiger partial charge in [-0.2, -0.15) is 0 Å². The van der Waals surface area contributed by atoms with Gasteiger partial charge in [0, 0.05) is 16.7 Å². The zero-order valence-corrected chi connectivity index (χ0v) is 16.6. The predicted molar refractivity (Wildman–Crippen MR) is 108 cm³/mol. The van der Waals surface area contributed by atoms with Gasteiger partial charge >= 0.3 is 37.7 Å². The number of fused-ring (bicyclic) bond motifs is 5. The van der Waals surface area contributed by atoms with E-state index in [1.54, 1.807) is 26.8 Å². The molecule has 0 aromatic heterocycles. The van der Waals surface area contributed by atoms with Gasteiger partial charge in [-0.1, -0.05) is 25.5 Å². The van der Waals surface area contributed by atoms with Gasteiger partial charge in [0.25, 0.3) is 0 Å². The summed E-state index contributed by atoms with van der Waals surface area (Å²) in [5.41, 5.74) is -5.17. The van der Waals surface area contributed by atoms with Gasteiger partial charge < -0.3 is 15.3 Å². The van der Waals surface area contributed by atoms with Crippen molar-refractivity contribution in [3.8, 4) is 0 Å². The molecule has 3 fully saturated rings. The molecular weight excluding hydrogens is 403 g/mol. The minimum absolute atomic E-state index is 0. The zero-order valence-electron chi connectivity index (χ0n) is 16.6. The molecule has 4 rings (SSSR count). The van der Waals surface area contributed by atoms with E-state index in [1.165, 1.54) is 12.2 Å². The van der Waals surface area contributed by atoms with E-state index in [0.29, 0.717) is 24.8 Å². The standard InChI is InChI=1S/C22H29FO5.Ca.2H/c1-12-8-16-15-5-4-13-9-14(25)6-7-19(13,2)21(15,23)17(26)10-20(16,3)22(12,28)18(27)11-24;;;/h6-7,9,12,15-17,24,26,28H,4-5,8,10-11H2,1-3H3;;;/t12-,15+,16+,17+,19+,20+,21+,22+;;;/m1.../s1. The summed E-state index contributed by atoms with van der Waals surface area (Å²) in [4.78, 5) is 24.4. The van der Waals surface area contributed by atoms with Crippen LogP contribution in [-0.4, -0.2) is 88.6 Å². The number of halogens is 1. The van der Waals surface area contributed by atoms with Crippen LogP contribution in [0.4, 0.5) is 4.39 Å². The van der Waals surface area contributed by atoms with Gasteiger partial charge in [-0.25, -0.2) is 4.39 Å². The Bertz CT molecular complexity index is 811. The molecule has 0 unspecified atom stereocenters. The normalized spacial score (nSPS) is 50.7. The van der Waals surface area contributed by atoms with E-state index in [2.05, 4.69) is 0 Å². The number of alkyl halides is 1.